The van der Waals surface area contributed by atoms with Crippen molar-refractivity contribution in [3.05, 3.63) is 0 Å². The Kier molecular flexibility index (Phi) is 7.55. The van der Waals surface area contributed by atoms with Crippen LogP contribution in [0.1, 0.15) is 6.42 Å². The zero-order valence-electron chi connectivity index (χ0n) is 7.90. The van der Waals surface area contributed by atoms with E-state index in [2.05, 4.69) is 5.32 Å². The van der Waals surface area contributed by atoms with Crippen molar-refractivity contribution in [2.75, 3.05) is 32.6 Å². The van der Waals surface area contributed by atoms with Gasteiger partial charge in [0.1, 0.15) is 0 Å². The van der Waals surface area contributed by atoms with Crippen molar-refractivity contribution in [3.8, 4) is 0 Å². The van der Waals surface area contributed by atoms with Crippen LogP contribution >= 0.6 is 0 Å². The summed E-state index contributed by atoms with van der Waals surface area (Å²) >= 11 is 0. The summed E-state index contributed by atoms with van der Waals surface area (Å²) < 4.78 is 35.9. The van der Waals surface area contributed by atoms with Gasteiger partial charge in [0.05, 0.1) is 0 Å². The van der Waals surface area contributed by atoms with Crippen LogP contribution in [0.5, 0.6) is 0 Å². The molecule has 0 radical (unpaired) electrons. The molecular formula is C6H13BF3KN2. The van der Waals surface area contributed by atoms with Gasteiger partial charge in [-0.3, -0.25) is 0 Å². The van der Waals surface area contributed by atoms with E-state index in [1.165, 1.54) is 4.90 Å². The fraction of sp³-hybridized carbons (Fsp3) is 1.00. The topological polar surface area (TPSA) is 15.3 Å². The average Bonchev–Trinajstić information content (AvgIpc) is 2.12. The molecule has 0 atom stereocenters. The first kappa shape index (κ1) is 14.4. The van der Waals surface area contributed by atoms with Crippen LogP contribution in [0.15, 0.2) is 0 Å². The molecule has 1 heterocycles. The Morgan fingerprint density at radius 1 is 1.15 bits per heavy atom. The molecule has 1 rings (SSSR count). The van der Waals surface area contributed by atoms with Crippen molar-refractivity contribution in [1.82, 2.24) is 10.2 Å². The van der Waals surface area contributed by atoms with Crippen molar-refractivity contribution in [2.24, 2.45) is 0 Å². The van der Waals surface area contributed by atoms with Gasteiger partial charge in [-0.2, -0.15) is 0 Å². The molecule has 1 N–H and O–H groups in total. The van der Waals surface area contributed by atoms with Gasteiger partial charge in [0.2, 0.25) is 0 Å². The number of nitrogens with zero attached hydrogens (tertiary/aromatic N) is 1. The summed E-state index contributed by atoms with van der Waals surface area (Å²) in [6.07, 6.45) is 0.105. The smallest absolute Gasteiger partial charge is 0.448 e. The van der Waals surface area contributed by atoms with Crippen molar-refractivity contribution in [2.45, 2.75) is 6.42 Å². The second kappa shape index (κ2) is 6.81. The molecule has 1 fully saturated rings. The number of hydrogen-bond acceptors (Lipinski definition) is 2. The van der Waals surface area contributed by atoms with E-state index in [0.717, 1.165) is 13.0 Å². The minimum absolute atomic E-state index is 0. The molecule has 13 heavy (non-hydrogen) atoms. The molecule has 0 spiro atoms. The van der Waals surface area contributed by atoms with Crippen molar-refractivity contribution in [1.29, 1.82) is 0 Å². The Balaban J connectivity index is 0.00000144. The number of halogens is 3. The average molecular weight is 220 g/mol. The van der Waals surface area contributed by atoms with Crippen molar-refractivity contribution >= 4 is 6.98 Å². The molecule has 2 nitrogen and oxygen atoms in total. The third kappa shape index (κ3) is 7.35. The zero-order chi connectivity index (χ0) is 9.03. The maximum atomic E-state index is 12.0. The van der Waals surface area contributed by atoms with E-state index in [-0.39, 0.29) is 51.4 Å². The first-order valence-corrected chi connectivity index (χ1v) is 4.22. The summed E-state index contributed by atoms with van der Waals surface area (Å²) in [5, 5.41) is 3.06. The SMILES string of the molecule is F[B-](F)(F)CN1CCCNCC1.[K+]. The van der Waals surface area contributed by atoms with Gasteiger partial charge in [-0.05, 0) is 26.0 Å². The van der Waals surface area contributed by atoms with E-state index in [1.54, 1.807) is 0 Å². The summed E-state index contributed by atoms with van der Waals surface area (Å²) in [5.41, 5.74) is 0. The molecule has 1 saturated heterocycles. The van der Waals surface area contributed by atoms with E-state index in [9.17, 15) is 12.9 Å². The first-order chi connectivity index (χ1) is 5.58. The second-order valence-electron chi connectivity index (χ2n) is 3.11. The third-order valence-corrected chi connectivity index (χ3v) is 1.90. The quantitative estimate of drug-likeness (QED) is 0.525. The Bertz CT molecular complexity index is 136. The Labute approximate surface area is 119 Å². The van der Waals surface area contributed by atoms with Gasteiger partial charge in [0.15, 0.2) is 0 Å². The molecule has 0 aromatic rings. The van der Waals surface area contributed by atoms with Gasteiger partial charge in [-0.25, -0.2) is 0 Å². The van der Waals surface area contributed by atoms with E-state index >= 15 is 0 Å². The maximum Gasteiger partial charge on any atom is 1.00 e. The van der Waals surface area contributed by atoms with Gasteiger partial charge in [0, 0.05) is 13.1 Å². The van der Waals surface area contributed by atoms with E-state index in [1.807, 2.05) is 0 Å². The predicted octanol–water partition coefficient (Wildman–Crippen LogP) is -2.33. The van der Waals surface area contributed by atoms with Gasteiger partial charge in [-0.15, -0.1) is 0 Å². The van der Waals surface area contributed by atoms with Crippen LogP contribution in [0, 0.1) is 0 Å². The molecule has 0 unspecified atom stereocenters. The largest absolute Gasteiger partial charge is 1.00 e. The minimum atomic E-state index is -4.64. The summed E-state index contributed by atoms with van der Waals surface area (Å²) in [7, 11) is 0. The molecule has 0 aromatic carbocycles. The maximum absolute atomic E-state index is 12.0. The van der Waals surface area contributed by atoms with Crippen LogP contribution in [0.4, 0.5) is 12.9 Å². The monoisotopic (exact) mass is 220 g/mol. The predicted molar refractivity (Wildman–Crippen MR) is 43.0 cm³/mol. The van der Waals surface area contributed by atoms with Crippen LogP contribution in [-0.4, -0.2) is 44.5 Å². The Morgan fingerprint density at radius 2 is 1.85 bits per heavy atom. The van der Waals surface area contributed by atoms with Crippen LogP contribution in [-0.2, 0) is 0 Å². The van der Waals surface area contributed by atoms with Crippen LogP contribution in [0.25, 0.3) is 0 Å². The van der Waals surface area contributed by atoms with Crippen molar-refractivity contribution in [3.63, 3.8) is 0 Å². The summed E-state index contributed by atoms with van der Waals surface area (Å²) in [4.78, 5) is 1.47. The number of nitrogens with one attached hydrogen (secondary N) is 1. The summed E-state index contributed by atoms with van der Waals surface area (Å²) in [6.45, 7) is -2.06. The molecule has 72 valence electrons. The molecule has 0 amide bonds. The Morgan fingerprint density at radius 3 is 2.46 bits per heavy atom. The number of hydrogen-bond donors (Lipinski definition) is 1. The van der Waals surface area contributed by atoms with Gasteiger partial charge in [-0.1, -0.05) is 0 Å². The van der Waals surface area contributed by atoms with Crippen LogP contribution in [0.2, 0.25) is 0 Å². The third-order valence-electron chi connectivity index (χ3n) is 1.90. The van der Waals surface area contributed by atoms with Gasteiger partial charge >= 0.3 is 58.4 Å². The molecule has 1 aliphatic heterocycles. The molecular weight excluding hydrogens is 207 g/mol. The van der Waals surface area contributed by atoms with Gasteiger partial charge < -0.3 is 23.2 Å². The molecule has 0 aromatic heterocycles. The summed E-state index contributed by atoms with van der Waals surface area (Å²) in [5.74, 6) is 0. The van der Waals surface area contributed by atoms with E-state index in [4.69, 9.17) is 0 Å². The van der Waals surface area contributed by atoms with Crippen LogP contribution < -0.4 is 56.7 Å². The molecule has 0 saturated carbocycles. The zero-order valence-corrected chi connectivity index (χ0v) is 11.0. The molecule has 0 aliphatic carbocycles. The first-order valence-electron chi connectivity index (χ1n) is 4.22. The Hall–Kier alpha value is 1.41. The summed E-state index contributed by atoms with van der Waals surface area (Å²) in [6, 6.07) is 0. The normalized spacial score (nSPS) is 20.5. The molecule has 1 aliphatic rings. The van der Waals surface area contributed by atoms with Crippen LogP contribution in [0.3, 0.4) is 0 Å². The fourth-order valence-electron chi connectivity index (χ4n) is 1.38. The fourth-order valence-corrected chi connectivity index (χ4v) is 1.38. The van der Waals surface area contributed by atoms with E-state index < -0.39 is 13.4 Å². The molecule has 7 heteroatoms. The molecule has 0 bridgehead atoms. The standard InChI is InChI=1S/C6H13BF3N2.K/c8-7(9,10)6-12-4-1-2-11-3-5-12;/h11H,1-6H2;/q-1;+1. The number of rotatable bonds is 2. The minimum Gasteiger partial charge on any atom is -0.448 e. The van der Waals surface area contributed by atoms with E-state index in [0.29, 0.717) is 19.6 Å². The van der Waals surface area contributed by atoms with Gasteiger partial charge in [0.25, 0.3) is 0 Å². The second-order valence-corrected chi connectivity index (χ2v) is 3.11. The van der Waals surface area contributed by atoms with Crippen molar-refractivity contribution < 1.29 is 64.3 Å².